The average Bonchev–Trinajstić information content (AvgIpc) is 2.89. The molecule has 2 N–H and O–H groups in total. The fourth-order valence-electron chi connectivity index (χ4n) is 3.46. The van der Waals surface area contributed by atoms with Gasteiger partial charge in [-0.1, -0.05) is 6.42 Å². The van der Waals surface area contributed by atoms with Crippen LogP contribution in [0.15, 0.2) is 18.2 Å². The van der Waals surface area contributed by atoms with Gasteiger partial charge in [-0.05, 0) is 48.4 Å². The normalized spacial score (nSPS) is 27.5. The molecular formula is C14H19FN2. The predicted molar refractivity (Wildman–Crippen MR) is 67.3 cm³/mol. The van der Waals surface area contributed by atoms with Crippen LogP contribution in [0.25, 0.3) is 0 Å². The highest BCUT2D eigenvalue weighted by atomic mass is 19.1. The predicted octanol–water partition coefficient (Wildman–Crippen LogP) is 2.52. The fraction of sp³-hybridized carbons (Fsp3) is 0.571. The minimum Gasteiger partial charge on any atom is -0.371 e. The Hall–Kier alpha value is -1.09. The molecule has 2 unspecified atom stereocenters. The van der Waals surface area contributed by atoms with Crippen LogP contribution in [0.2, 0.25) is 0 Å². The number of fused-ring (bicyclic) bond motifs is 1. The van der Waals surface area contributed by atoms with Crippen molar-refractivity contribution in [2.24, 2.45) is 17.6 Å². The van der Waals surface area contributed by atoms with Gasteiger partial charge in [0.05, 0.1) is 0 Å². The van der Waals surface area contributed by atoms with Crippen molar-refractivity contribution in [1.29, 1.82) is 0 Å². The topological polar surface area (TPSA) is 29.3 Å². The first-order valence-corrected chi connectivity index (χ1v) is 6.51. The first kappa shape index (κ1) is 11.0. The minimum atomic E-state index is -0.186. The van der Waals surface area contributed by atoms with E-state index >= 15 is 0 Å². The van der Waals surface area contributed by atoms with E-state index in [0.717, 1.165) is 36.2 Å². The molecule has 17 heavy (non-hydrogen) atoms. The van der Waals surface area contributed by atoms with Crippen LogP contribution >= 0.6 is 0 Å². The number of anilines is 1. The SMILES string of the molecule is NCc1cc(F)ccc1N1CC2CCCC2C1. The van der Waals surface area contributed by atoms with Crippen molar-refractivity contribution in [3.63, 3.8) is 0 Å². The molecular weight excluding hydrogens is 215 g/mol. The second-order valence-electron chi connectivity index (χ2n) is 5.33. The summed E-state index contributed by atoms with van der Waals surface area (Å²) in [6.07, 6.45) is 4.11. The Kier molecular flexibility index (Phi) is 2.79. The maximum Gasteiger partial charge on any atom is 0.123 e. The molecule has 0 radical (unpaired) electrons. The van der Waals surface area contributed by atoms with Gasteiger partial charge in [-0.3, -0.25) is 0 Å². The van der Waals surface area contributed by atoms with Gasteiger partial charge in [0, 0.05) is 25.3 Å². The van der Waals surface area contributed by atoms with Gasteiger partial charge < -0.3 is 10.6 Å². The molecule has 2 fully saturated rings. The van der Waals surface area contributed by atoms with E-state index < -0.39 is 0 Å². The fourth-order valence-corrected chi connectivity index (χ4v) is 3.46. The van der Waals surface area contributed by atoms with Crippen LogP contribution in [0, 0.1) is 17.7 Å². The molecule has 2 aliphatic rings. The number of nitrogens with two attached hydrogens (primary N) is 1. The van der Waals surface area contributed by atoms with Crippen LogP contribution in [0.5, 0.6) is 0 Å². The van der Waals surface area contributed by atoms with E-state index in [1.165, 1.54) is 19.3 Å². The Labute approximate surface area is 102 Å². The van der Waals surface area contributed by atoms with Crippen LogP contribution < -0.4 is 10.6 Å². The molecule has 1 aliphatic heterocycles. The molecule has 3 heteroatoms. The Bertz CT molecular complexity index is 407. The maximum atomic E-state index is 13.2. The van der Waals surface area contributed by atoms with Gasteiger partial charge in [-0.2, -0.15) is 0 Å². The van der Waals surface area contributed by atoms with Crippen molar-refractivity contribution in [3.8, 4) is 0 Å². The van der Waals surface area contributed by atoms with Crippen molar-refractivity contribution < 1.29 is 4.39 Å². The molecule has 0 spiro atoms. The first-order valence-electron chi connectivity index (χ1n) is 6.51. The van der Waals surface area contributed by atoms with Crippen LogP contribution in [0.1, 0.15) is 24.8 Å². The molecule has 2 nitrogen and oxygen atoms in total. The molecule has 92 valence electrons. The summed E-state index contributed by atoms with van der Waals surface area (Å²) in [7, 11) is 0. The van der Waals surface area contributed by atoms with Crippen molar-refractivity contribution in [2.75, 3.05) is 18.0 Å². The summed E-state index contributed by atoms with van der Waals surface area (Å²) in [6.45, 7) is 2.67. The Morgan fingerprint density at radius 2 is 1.94 bits per heavy atom. The summed E-state index contributed by atoms with van der Waals surface area (Å²) in [4.78, 5) is 2.40. The number of nitrogens with zero attached hydrogens (tertiary/aromatic N) is 1. The van der Waals surface area contributed by atoms with Crippen molar-refractivity contribution in [2.45, 2.75) is 25.8 Å². The van der Waals surface area contributed by atoms with Crippen LogP contribution in [-0.4, -0.2) is 13.1 Å². The summed E-state index contributed by atoms with van der Waals surface area (Å²) in [6, 6.07) is 5.00. The van der Waals surface area contributed by atoms with Gasteiger partial charge >= 0.3 is 0 Å². The zero-order valence-corrected chi connectivity index (χ0v) is 10.0. The Morgan fingerprint density at radius 3 is 2.59 bits per heavy atom. The van der Waals surface area contributed by atoms with Crippen LogP contribution in [-0.2, 0) is 6.54 Å². The molecule has 1 aliphatic carbocycles. The molecule has 1 saturated carbocycles. The van der Waals surface area contributed by atoms with Crippen LogP contribution in [0.3, 0.4) is 0 Å². The monoisotopic (exact) mass is 234 g/mol. The van der Waals surface area contributed by atoms with E-state index in [1.807, 2.05) is 6.07 Å². The zero-order chi connectivity index (χ0) is 11.8. The quantitative estimate of drug-likeness (QED) is 0.852. The van der Waals surface area contributed by atoms with Gasteiger partial charge in [0.1, 0.15) is 5.82 Å². The van der Waals surface area contributed by atoms with Gasteiger partial charge in [0.2, 0.25) is 0 Å². The third-order valence-electron chi connectivity index (χ3n) is 4.33. The van der Waals surface area contributed by atoms with Crippen LogP contribution in [0.4, 0.5) is 10.1 Å². The second-order valence-corrected chi connectivity index (χ2v) is 5.33. The highest BCUT2D eigenvalue weighted by Crippen LogP contribution is 2.40. The molecule has 3 rings (SSSR count). The first-order chi connectivity index (χ1) is 8.28. The second kappa shape index (κ2) is 4.30. The number of hydrogen-bond acceptors (Lipinski definition) is 2. The van der Waals surface area contributed by atoms with E-state index in [9.17, 15) is 4.39 Å². The van der Waals surface area contributed by atoms with E-state index in [2.05, 4.69) is 4.90 Å². The minimum absolute atomic E-state index is 0.186. The number of rotatable bonds is 2. The van der Waals surface area contributed by atoms with E-state index in [0.29, 0.717) is 6.54 Å². The largest absolute Gasteiger partial charge is 0.371 e. The molecule has 1 aromatic carbocycles. The number of hydrogen-bond donors (Lipinski definition) is 1. The Balaban J connectivity index is 1.85. The van der Waals surface area contributed by atoms with Gasteiger partial charge in [0.25, 0.3) is 0 Å². The molecule has 0 amide bonds. The lowest BCUT2D eigenvalue weighted by molar-refractivity contribution is 0.494. The summed E-state index contributed by atoms with van der Waals surface area (Å²) in [5.74, 6) is 1.52. The number of benzene rings is 1. The summed E-state index contributed by atoms with van der Waals surface area (Å²) in [5.41, 5.74) is 7.79. The average molecular weight is 234 g/mol. The van der Waals surface area contributed by atoms with Gasteiger partial charge in [-0.25, -0.2) is 4.39 Å². The van der Waals surface area contributed by atoms with Crippen molar-refractivity contribution >= 4 is 5.69 Å². The molecule has 2 atom stereocenters. The third-order valence-corrected chi connectivity index (χ3v) is 4.33. The molecule has 0 aromatic heterocycles. The molecule has 1 aromatic rings. The van der Waals surface area contributed by atoms with E-state index in [-0.39, 0.29) is 5.82 Å². The molecule has 1 saturated heterocycles. The van der Waals surface area contributed by atoms with Gasteiger partial charge in [0.15, 0.2) is 0 Å². The summed E-state index contributed by atoms with van der Waals surface area (Å²) >= 11 is 0. The zero-order valence-electron chi connectivity index (χ0n) is 10.0. The lowest BCUT2D eigenvalue weighted by Gasteiger charge is -2.22. The summed E-state index contributed by atoms with van der Waals surface area (Å²) in [5, 5.41) is 0. The highest BCUT2D eigenvalue weighted by molar-refractivity contribution is 5.55. The Morgan fingerprint density at radius 1 is 1.24 bits per heavy atom. The maximum absolute atomic E-state index is 13.2. The van der Waals surface area contributed by atoms with Crippen molar-refractivity contribution in [1.82, 2.24) is 0 Å². The standard InChI is InChI=1S/C14H19FN2/c15-13-4-5-14(12(6-13)7-16)17-8-10-2-1-3-11(10)9-17/h4-6,10-11H,1-3,7-9,16H2. The van der Waals surface area contributed by atoms with E-state index in [1.54, 1.807) is 12.1 Å². The number of halogens is 1. The van der Waals surface area contributed by atoms with E-state index in [4.69, 9.17) is 5.73 Å². The smallest absolute Gasteiger partial charge is 0.123 e. The van der Waals surface area contributed by atoms with Gasteiger partial charge in [-0.15, -0.1) is 0 Å². The third kappa shape index (κ3) is 1.93. The lowest BCUT2D eigenvalue weighted by Crippen LogP contribution is -2.22. The lowest BCUT2D eigenvalue weighted by atomic mass is 10.0. The summed E-state index contributed by atoms with van der Waals surface area (Å²) < 4.78 is 13.2. The molecule has 1 heterocycles. The molecule has 0 bridgehead atoms. The van der Waals surface area contributed by atoms with Crippen molar-refractivity contribution in [3.05, 3.63) is 29.6 Å². The highest BCUT2D eigenvalue weighted by Gasteiger charge is 2.36.